The first-order valence-corrected chi connectivity index (χ1v) is 6.92. The van der Waals surface area contributed by atoms with Crippen LogP contribution in [0.1, 0.15) is 20.3 Å². The molecular formula is C12H16N2O2S. The van der Waals surface area contributed by atoms with E-state index in [1.54, 1.807) is 37.3 Å². The fourth-order valence-corrected chi connectivity index (χ4v) is 3.10. The highest BCUT2D eigenvalue weighted by molar-refractivity contribution is 7.89. The molecule has 0 fully saturated rings. The second-order valence-electron chi connectivity index (χ2n) is 3.78. The molecule has 5 heteroatoms. The van der Waals surface area contributed by atoms with Gasteiger partial charge in [0.2, 0.25) is 10.0 Å². The van der Waals surface area contributed by atoms with Crippen LogP contribution in [-0.4, -0.2) is 25.3 Å². The second-order valence-corrected chi connectivity index (χ2v) is 5.67. The maximum absolute atomic E-state index is 12.3. The largest absolute Gasteiger partial charge is 0.244 e. The number of nitriles is 1. The van der Waals surface area contributed by atoms with Crippen LogP contribution >= 0.6 is 0 Å². The molecule has 1 unspecified atom stereocenters. The average Bonchev–Trinajstić information content (AvgIpc) is 2.36. The lowest BCUT2D eigenvalue weighted by Gasteiger charge is -2.25. The van der Waals surface area contributed by atoms with Crippen LogP contribution in [-0.2, 0) is 10.0 Å². The van der Waals surface area contributed by atoms with Crippen molar-refractivity contribution in [1.29, 1.82) is 5.26 Å². The summed E-state index contributed by atoms with van der Waals surface area (Å²) in [5, 5.41) is 8.74. The molecule has 0 bridgehead atoms. The Hall–Kier alpha value is -1.38. The van der Waals surface area contributed by atoms with Crippen molar-refractivity contribution in [2.24, 2.45) is 0 Å². The summed E-state index contributed by atoms with van der Waals surface area (Å²) in [6.07, 6.45) is 0.674. The van der Waals surface area contributed by atoms with Crippen molar-refractivity contribution < 1.29 is 8.42 Å². The number of hydrogen-bond donors (Lipinski definition) is 0. The predicted octanol–water partition coefficient (Wildman–Crippen LogP) is 2.00. The minimum atomic E-state index is -3.56. The van der Waals surface area contributed by atoms with Crippen molar-refractivity contribution in [3.63, 3.8) is 0 Å². The predicted molar refractivity (Wildman–Crippen MR) is 65.7 cm³/mol. The molecule has 0 heterocycles. The van der Waals surface area contributed by atoms with E-state index in [2.05, 4.69) is 0 Å². The van der Waals surface area contributed by atoms with Crippen molar-refractivity contribution in [1.82, 2.24) is 4.31 Å². The molecule has 1 aromatic carbocycles. The number of hydrogen-bond acceptors (Lipinski definition) is 3. The molecule has 4 nitrogen and oxygen atoms in total. The normalized spacial score (nSPS) is 13.3. The lowest BCUT2D eigenvalue weighted by atomic mass is 10.3. The van der Waals surface area contributed by atoms with Crippen LogP contribution in [0.25, 0.3) is 0 Å². The van der Waals surface area contributed by atoms with E-state index in [1.165, 1.54) is 4.31 Å². The zero-order valence-corrected chi connectivity index (χ0v) is 10.8. The van der Waals surface area contributed by atoms with Gasteiger partial charge in [-0.3, -0.25) is 0 Å². The fourth-order valence-electron chi connectivity index (χ4n) is 1.48. The quantitative estimate of drug-likeness (QED) is 0.753. The van der Waals surface area contributed by atoms with E-state index in [-0.39, 0.29) is 17.5 Å². The summed E-state index contributed by atoms with van der Waals surface area (Å²) in [7, 11) is -3.56. The fraction of sp³-hybridized carbons (Fsp3) is 0.417. The molecule has 0 aliphatic rings. The SMILES string of the molecule is CCC(C)N(CC#N)S(=O)(=O)c1ccccc1. The van der Waals surface area contributed by atoms with Crippen LogP contribution in [0.5, 0.6) is 0 Å². The van der Waals surface area contributed by atoms with Gasteiger partial charge in [0.15, 0.2) is 0 Å². The van der Waals surface area contributed by atoms with Gasteiger partial charge < -0.3 is 0 Å². The number of rotatable bonds is 5. The molecule has 0 saturated carbocycles. The Morgan fingerprint density at radius 2 is 1.94 bits per heavy atom. The van der Waals surface area contributed by atoms with E-state index in [4.69, 9.17) is 5.26 Å². The van der Waals surface area contributed by atoms with Gasteiger partial charge in [0.25, 0.3) is 0 Å². The topological polar surface area (TPSA) is 61.2 Å². The van der Waals surface area contributed by atoms with Crippen molar-refractivity contribution in [2.45, 2.75) is 31.2 Å². The van der Waals surface area contributed by atoms with Crippen molar-refractivity contribution >= 4 is 10.0 Å². The Kier molecular flexibility index (Phi) is 4.67. The van der Waals surface area contributed by atoms with Crippen molar-refractivity contribution in [3.8, 4) is 6.07 Å². The molecule has 1 aromatic rings. The summed E-state index contributed by atoms with van der Waals surface area (Å²) in [6, 6.07) is 9.92. The van der Waals surface area contributed by atoms with Gasteiger partial charge in [-0.2, -0.15) is 9.57 Å². The molecule has 17 heavy (non-hydrogen) atoms. The highest BCUT2D eigenvalue weighted by atomic mass is 32.2. The van der Waals surface area contributed by atoms with Gasteiger partial charge in [0.1, 0.15) is 6.54 Å². The first-order chi connectivity index (χ1) is 8.04. The molecule has 1 rings (SSSR count). The van der Waals surface area contributed by atoms with E-state index in [0.29, 0.717) is 6.42 Å². The van der Waals surface area contributed by atoms with Crippen LogP contribution < -0.4 is 0 Å². The molecular weight excluding hydrogens is 236 g/mol. The summed E-state index contributed by atoms with van der Waals surface area (Å²) in [4.78, 5) is 0.232. The zero-order chi connectivity index (χ0) is 12.9. The first-order valence-electron chi connectivity index (χ1n) is 5.48. The van der Waals surface area contributed by atoms with Crippen LogP contribution in [0.2, 0.25) is 0 Å². The molecule has 92 valence electrons. The van der Waals surface area contributed by atoms with Gasteiger partial charge in [0, 0.05) is 6.04 Å². The van der Waals surface area contributed by atoms with Crippen LogP contribution in [0, 0.1) is 11.3 Å². The maximum Gasteiger partial charge on any atom is 0.244 e. The summed E-state index contributed by atoms with van der Waals surface area (Å²) < 4.78 is 25.8. The molecule has 0 N–H and O–H groups in total. The third-order valence-corrected chi connectivity index (χ3v) is 4.63. The van der Waals surface area contributed by atoms with Crippen molar-refractivity contribution in [3.05, 3.63) is 30.3 Å². The molecule has 0 saturated heterocycles. The van der Waals surface area contributed by atoms with Crippen LogP contribution in [0.4, 0.5) is 0 Å². The number of benzene rings is 1. The summed E-state index contributed by atoms with van der Waals surface area (Å²) in [6.45, 7) is 3.58. The third kappa shape index (κ3) is 3.05. The Balaban J connectivity index is 3.15. The van der Waals surface area contributed by atoms with E-state index in [1.807, 2.05) is 13.0 Å². The van der Waals surface area contributed by atoms with E-state index >= 15 is 0 Å². The lowest BCUT2D eigenvalue weighted by Crippen LogP contribution is -2.38. The number of nitrogens with zero attached hydrogens (tertiary/aromatic N) is 2. The van der Waals surface area contributed by atoms with Gasteiger partial charge in [-0.1, -0.05) is 25.1 Å². The summed E-state index contributed by atoms with van der Waals surface area (Å²) >= 11 is 0. The zero-order valence-electron chi connectivity index (χ0n) is 10.00. The van der Waals surface area contributed by atoms with Crippen molar-refractivity contribution in [2.75, 3.05) is 6.54 Å². The number of sulfonamides is 1. The Bertz CT molecular complexity index is 491. The molecule has 0 spiro atoms. The maximum atomic E-state index is 12.3. The van der Waals surface area contributed by atoms with Gasteiger partial charge in [-0.15, -0.1) is 0 Å². The van der Waals surface area contributed by atoms with Gasteiger partial charge >= 0.3 is 0 Å². The van der Waals surface area contributed by atoms with Gasteiger partial charge in [-0.05, 0) is 25.5 Å². The van der Waals surface area contributed by atoms with E-state index < -0.39 is 10.0 Å². The Labute approximate surface area is 103 Å². The summed E-state index contributed by atoms with van der Waals surface area (Å²) in [5.74, 6) is 0. The standard InChI is InChI=1S/C12H16N2O2S/c1-3-11(2)14(10-9-13)17(15,16)12-7-5-4-6-8-12/h4-8,11H,3,10H2,1-2H3. The van der Waals surface area contributed by atoms with E-state index in [0.717, 1.165) is 0 Å². The second kappa shape index (κ2) is 5.80. The van der Waals surface area contributed by atoms with Crippen LogP contribution in [0.15, 0.2) is 35.2 Å². The minimum absolute atomic E-state index is 0.119. The molecule has 0 aliphatic carbocycles. The highest BCUT2D eigenvalue weighted by Crippen LogP contribution is 2.18. The Morgan fingerprint density at radius 1 is 1.35 bits per heavy atom. The molecule has 0 aromatic heterocycles. The third-order valence-electron chi connectivity index (χ3n) is 2.66. The lowest BCUT2D eigenvalue weighted by molar-refractivity contribution is 0.357. The van der Waals surface area contributed by atoms with E-state index in [9.17, 15) is 8.42 Å². The first kappa shape index (κ1) is 13.7. The molecule has 1 atom stereocenters. The van der Waals surface area contributed by atoms with Crippen LogP contribution in [0.3, 0.4) is 0 Å². The smallest absolute Gasteiger partial charge is 0.207 e. The molecule has 0 amide bonds. The monoisotopic (exact) mass is 252 g/mol. The molecule has 0 aliphatic heterocycles. The Morgan fingerprint density at radius 3 is 2.41 bits per heavy atom. The minimum Gasteiger partial charge on any atom is -0.207 e. The molecule has 0 radical (unpaired) electrons. The highest BCUT2D eigenvalue weighted by Gasteiger charge is 2.27. The van der Waals surface area contributed by atoms with Gasteiger partial charge in [-0.25, -0.2) is 8.42 Å². The summed E-state index contributed by atoms with van der Waals surface area (Å²) in [5.41, 5.74) is 0. The average molecular weight is 252 g/mol. The van der Waals surface area contributed by atoms with Gasteiger partial charge in [0.05, 0.1) is 11.0 Å².